The van der Waals surface area contributed by atoms with Crippen LogP contribution < -0.4 is 20.1 Å². The number of hydrogen-bond acceptors (Lipinski definition) is 5. The van der Waals surface area contributed by atoms with Gasteiger partial charge in [-0.15, -0.1) is 0 Å². The van der Waals surface area contributed by atoms with Gasteiger partial charge in [0.05, 0.1) is 19.8 Å². The summed E-state index contributed by atoms with van der Waals surface area (Å²) in [5.74, 6) is -0.217. The topological polar surface area (TPSA) is 96.9 Å². The zero-order valence-electron chi connectivity index (χ0n) is 16.3. The quantitative estimate of drug-likeness (QED) is 0.597. The maximum atomic E-state index is 12.0. The van der Waals surface area contributed by atoms with Gasteiger partial charge in [-0.3, -0.25) is 9.59 Å². The van der Waals surface area contributed by atoms with Crippen molar-refractivity contribution in [1.82, 2.24) is 10.6 Å². The molecule has 0 fully saturated rings. The van der Waals surface area contributed by atoms with E-state index in [1.807, 2.05) is 24.3 Å². The van der Waals surface area contributed by atoms with Gasteiger partial charge >= 0.3 is 11.8 Å². The van der Waals surface area contributed by atoms with Gasteiger partial charge in [0.15, 0.2) is 0 Å². The first-order valence-corrected chi connectivity index (χ1v) is 8.88. The molecule has 2 amide bonds. The van der Waals surface area contributed by atoms with Crippen LogP contribution in [0.5, 0.6) is 11.5 Å². The fourth-order valence-corrected chi connectivity index (χ4v) is 2.70. The van der Waals surface area contributed by atoms with Crippen molar-refractivity contribution in [1.29, 1.82) is 0 Å². The molecule has 0 aliphatic rings. The third kappa shape index (κ3) is 6.28. The molecule has 0 heterocycles. The average molecular weight is 386 g/mol. The van der Waals surface area contributed by atoms with Crippen molar-refractivity contribution >= 4 is 11.8 Å². The van der Waals surface area contributed by atoms with E-state index in [-0.39, 0.29) is 13.1 Å². The Morgan fingerprint density at radius 2 is 1.61 bits per heavy atom. The number of carbonyl (C=O) groups is 2. The first-order valence-electron chi connectivity index (χ1n) is 8.88. The molecule has 0 radical (unpaired) electrons. The zero-order valence-corrected chi connectivity index (χ0v) is 16.3. The Labute approximate surface area is 164 Å². The predicted octanol–water partition coefficient (Wildman–Crippen LogP) is 1.43. The molecule has 150 valence electrons. The van der Waals surface area contributed by atoms with Crippen molar-refractivity contribution in [3.05, 3.63) is 59.7 Å². The van der Waals surface area contributed by atoms with Gasteiger partial charge < -0.3 is 25.2 Å². The summed E-state index contributed by atoms with van der Waals surface area (Å²) in [7, 11) is 3.12. The van der Waals surface area contributed by atoms with Crippen molar-refractivity contribution in [2.45, 2.75) is 25.5 Å². The molecule has 1 unspecified atom stereocenters. The molecule has 0 saturated carbocycles. The van der Waals surface area contributed by atoms with Crippen LogP contribution >= 0.6 is 0 Å². The fourth-order valence-electron chi connectivity index (χ4n) is 2.70. The number of nitrogens with one attached hydrogen (secondary N) is 2. The van der Waals surface area contributed by atoms with Gasteiger partial charge in [-0.05, 0) is 30.7 Å². The first kappa shape index (κ1) is 21.2. The summed E-state index contributed by atoms with van der Waals surface area (Å²) in [6.45, 7) is 1.71. The minimum atomic E-state index is -1.20. The maximum Gasteiger partial charge on any atom is 0.309 e. The summed E-state index contributed by atoms with van der Waals surface area (Å²) in [5.41, 5.74) is 0.450. The van der Waals surface area contributed by atoms with Crippen LogP contribution in [0.1, 0.15) is 18.1 Å². The van der Waals surface area contributed by atoms with Gasteiger partial charge in [0.1, 0.15) is 11.5 Å². The molecule has 0 spiro atoms. The SMILES string of the molecule is COc1ccc(CC(C)(O)CNC(=O)C(=O)NCc2ccccc2OC)cc1. The smallest absolute Gasteiger partial charge is 0.309 e. The number of aliphatic hydroxyl groups is 1. The summed E-state index contributed by atoms with van der Waals surface area (Å²) >= 11 is 0. The number of methoxy groups -OCH3 is 2. The van der Waals surface area contributed by atoms with Gasteiger partial charge in [-0.1, -0.05) is 30.3 Å². The Morgan fingerprint density at radius 3 is 2.25 bits per heavy atom. The predicted molar refractivity (Wildman–Crippen MR) is 105 cm³/mol. The van der Waals surface area contributed by atoms with Crippen LogP contribution in [-0.4, -0.2) is 43.3 Å². The standard InChI is InChI=1S/C21H26N2O5/c1-21(26,12-15-8-10-17(27-2)11-9-15)14-23-20(25)19(24)22-13-16-6-4-5-7-18(16)28-3/h4-11,26H,12-14H2,1-3H3,(H,22,24)(H,23,25). The van der Waals surface area contributed by atoms with Crippen molar-refractivity contribution in [3.63, 3.8) is 0 Å². The lowest BCUT2D eigenvalue weighted by atomic mass is 9.96. The van der Waals surface area contributed by atoms with Gasteiger partial charge in [0, 0.05) is 25.1 Å². The van der Waals surface area contributed by atoms with Gasteiger partial charge in [0.25, 0.3) is 0 Å². The van der Waals surface area contributed by atoms with Gasteiger partial charge in [0.2, 0.25) is 0 Å². The Morgan fingerprint density at radius 1 is 0.964 bits per heavy atom. The second-order valence-electron chi connectivity index (χ2n) is 6.70. The van der Waals surface area contributed by atoms with E-state index in [0.717, 1.165) is 16.9 Å². The second-order valence-corrected chi connectivity index (χ2v) is 6.70. The molecular weight excluding hydrogens is 360 g/mol. The number of hydrogen-bond donors (Lipinski definition) is 3. The minimum Gasteiger partial charge on any atom is -0.497 e. The van der Waals surface area contributed by atoms with E-state index in [1.54, 1.807) is 38.3 Å². The van der Waals surface area contributed by atoms with E-state index in [4.69, 9.17) is 9.47 Å². The van der Waals surface area contributed by atoms with E-state index in [0.29, 0.717) is 12.2 Å². The van der Waals surface area contributed by atoms with Crippen molar-refractivity contribution < 1.29 is 24.2 Å². The highest BCUT2D eigenvalue weighted by molar-refractivity contribution is 6.35. The molecule has 0 aliphatic heterocycles. The molecule has 2 aromatic carbocycles. The van der Waals surface area contributed by atoms with Crippen molar-refractivity contribution in [2.24, 2.45) is 0 Å². The molecule has 7 heteroatoms. The van der Waals surface area contributed by atoms with Crippen LogP contribution in [0.2, 0.25) is 0 Å². The molecule has 3 N–H and O–H groups in total. The largest absolute Gasteiger partial charge is 0.497 e. The number of rotatable bonds is 8. The summed E-state index contributed by atoms with van der Waals surface area (Å²) in [6.07, 6.45) is 0.320. The van der Waals surface area contributed by atoms with E-state index in [2.05, 4.69) is 10.6 Å². The van der Waals surface area contributed by atoms with Crippen LogP contribution in [-0.2, 0) is 22.6 Å². The molecule has 0 bridgehead atoms. The number of benzene rings is 2. The Bertz CT molecular complexity index is 803. The average Bonchev–Trinajstić information content (AvgIpc) is 2.70. The maximum absolute atomic E-state index is 12.0. The highest BCUT2D eigenvalue weighted by Crippen LogP contribution is 2.17. The highest BCUT2D eigenvalue weighted by Gasteiger charge is 2.24. The lowest BCUT2D eigenvalue weighted by molar-refractivity contribution is -0.139. The van der Waals surface area contributed by atoms with Crippen LogP contribution in [0, 0.1) is 0 Å². The molecule has 2 rings (SSSR count). The van der Waals surface area contributed by atoms with Gasteiger partial charge in [-0.2, -0.15) is 0 Å². The van der Waals surface area contributed by atoms with Crippen LogP contribution in [0.3, 0.4) is 0 Å². The van der Waals surface area contributed by atoms with E-state index < -0.39 is 17.4 Å². The summed E-state index contributed by atoms with van der Waals surface area (Å²) in [5, 5.41) is 15.5. The fraction of sp³-hybridized carbons (Fsp3) is 0.333. The summed E-state index contributed by atoms with van der Waals surface area (Å²) in [6, 6.07) is 14.5. The first-order chi connectivity index (χ1) is 13.3. The highest BCUT2D eigenvalue weighted by atomic mass is 16.5. The van der Waals surface area contributed by atoms with E-state index >= 15 is 0 Å². The third-order valence-electron chi connectivity index (χ3n) is 4.21. The van der Waals surface area contributed by atoms with E-state index in [9.17, 15) is 14.7 Å². The number of carbonyl (C=O) groups excluding carboxylic acids is 2. The minimum absolute atomic E-state index is 0.0556. The molecule has 2 aromatic rings. The molecule has 0 aliphatic carbocycles. The van der Waals surface area contributed by atoms with Gasteiger partial charge in [-0.25, -0.2) is 0 Å². The summed E-state index contributed by atoms with van der Waals surface area (Å²) < 4.78 is 10.3. The van der Waals surface area contributed by atoms with Crippen molar-refractivity contribution in [2.75, 3.05) is 20.8 Å². The molecule has 1 atom stereocenters. The van der Waals surface area contributed by atoms with Crippen LogP contribution in [0.4, 0.5) is 0 Å². The van der Waals surface area contributed by atoms with E-state index in [1.165, 1.54) is 7.11 Å². The summed E-state index contributed by atoms with van der Waals surface area (Å²) in [4.78, 5) is 24.0. The Hall–Kier alpha value is -3.06. The Balaban J connectivity index is 1.83. The van der Waals surface area contributed by atoms with Crippen LogP contribution in [0.25, 0.3) is 0 Å². The monoisotopic (exact) mass is 386 g/mol. The number of ether oxygens (including phenoxy) is 2. The second kappa shape index (κ2) is 9.75. The normalized spacial score (nSPS) is 12.6. The van der Waals surface area contributed by atoms with Crippen LogP contribution in [0.15, 0.2) is 48.5 Å². The number of amides is 2. The van der Waals surface area contributed by atoms with Crippen molar-refractivity contribution in [3.8, 4) is 11.5 Å². The lowest BCUT2D eigenvalue weighted by Gasteiger charge is -2.23. The third-order valence-corrected chi connectivity index (χ3v) is 4.21. The molecule has 7 nitrogen and oxygen atoms in total. The zero-order chi connectivity index (χ0) is 20.6. The lowest BCUT2D eigenvalue weighted by Crippen LogP contribution is -2.47. The molecule has 28 heavy (non-hydrogen) atoms. The number of para-hydroxylation sites is 1. The molecule has 0 saturated heterocycles. The molecule has 0 aromatic heterocycles. The molecular formula is C21H26N2O5. The Kier molecular flexibility index (Phi) is 7.40.